The predicted molar refractivity (Wildman–Crippen MR) is 77.8 cm³/mol. The number of hydrogen-bond donors (Lipinski definition) is 1. The first-order chi connectivity index (χ1) is 10.2. The molecule has 1 aromatic rings. The third-order valence-corrected chi connectivity index (χ3v) is 3.45. The Bertz CT molecular complexity index is 497. The highest BCUT2D eigenvalue weighted by atomic mass is 16.6. The molecule has 1 aromatic carbocycles. The highest BCUT2D eigenvalue weighted by molar-refractivity contribution is 5.96. The lowest BCUT2D eigenvalue weighted by Gasteiger charge is -2.22. The summed E-state index contributed by atoms with van der Waals surface area (Å²) in [4.78, 5) is 12.1. The zero-order valence-corrected chi connectivity index (χ0v) is 12.4. The van der Waals surface area contributed by atoms with Crippen LogP contribution in [0.15, 0.2) is 12.1 Å². The summed E-state index contributed by atoms with van der Waals surface area (Å²) in [5.41, 5.74) is 6.42. The summed E-state index contributed by atoms with van der Waals surface area (Å²) < 4.78 is 21.1. The number of ether oxygens (including phenoxy) is 4. The number of esters is 1. The fourth-order valence-electron chi connectivity index (χ4n) is 2.26. The van der Waals surface area contributed by atoms with Gasteiger partial charge in [0.15, 0.2) is 11.5 Å². The van der Waals surface area contributed by atoms with Crippen molar-refractivity contribution < 1.29 is 23.7 Å². The maximum Gasteiger partial charge on any atom is 0.340 e. The number of methoxy groups -OCH3 is 2. The monoisotopic (exact) mass is 295 g/mol. The highest BCUT2D eigenvalue weighted by Crippen LogP contribution is 2.32. The van der Waals surface area contributed by atoms with Gasteiger partial charge >= 0.3 is 5.97 Å². The van der Waals surface area contributed by atoms with E-state index < -0.39 is 5.97 Å². The molecule has 6 heteroatoms. The summed E-state index contributed by atoms with van der Waals surface area (Å²) in [6.07, 6.45) is 3.05. The second-order valence-corrected chi connectivity index (χ2v) is 4.88. The molecule has 0 aliphatic carbocycles. The van der Waals surface area contributed by atoms with E-state index in [4.69, 9.17) is 24.7 Å². The molecule has 1 saturated heterocycles. The van der Waals surface area contributed by atoms with Crippen molar-refractivity contribution in [3.8, 4) is 11.5 Å². The summed E-state index contributed by atoms with van der Waals surface area (Å²) in [5.74, 6) is 0.428. The molecule has 2 N–H and O–H groups in total. The molecular weight excluding hydrogens is 274 g/mol. The molecule has 21 heavy (non-hydrogen) atoms. The molecular formula is C15H21NO5. The Morgan fingerprint density at radius 3 is 2.62 bits per heavy atom. The first kappa shape index (κ1) is 15.4. The summed E-state index contributed by atoms with van der Waals surface area (Å²) in [7, 11) is 3.01. The molecule has 0 bridgehead atoms. The van der Waals surface area contributed by atoms with E-state index in [1.165, 1.54) is 20.3 Å². The maximum absolute atomic E-state index is 12.1. The molecule has 116 valence electrons. The molecule has 0 radical (unpaired) electrons. The number of carbonyl (C=O) groups is 1. The van der Waals surface area contributed by atoms with Crippen LogP contribution in [-0.4, -0.2) is 39.5 Å². The van der Waals surface area contributed by atoms with Gasteiger partial charge in [-0.25, -0.2) is 4.79 Å². The molecule has 1 aliphatic rings. The standard InChI is InChI=1S/C15H21NO5/c1-18-13-7-11(12(16)8-14(13)19-2)15(17)21-9-10-5-3-4-6-20-10/h7-8,10H,3-6,9,16H2,1-2H3. The lowest BCUT2D eigenvalue weighted by atomic mass is 10.1. The number of carbonyl (C=O) groups excluding carboxylic acids is 1. The lowest BCUT2D eigenvalue weighted by molar-refractivity contribution is -0.0300. The number of anilines is 1. The number of nitrogen functional groups attached to an aromatic ring is 1. The van der Waals surface area contributed by atoms with Crippen LogP contribution in [0, 0.1) is 0 Å². The molecule has 1 atom stereocenters. The first-order valence-electron chi connectivity index (χ1n) is 6.96. The predicted octanol–water partition coefficient (Wildman–Crippen LogP) is 2.01. The van der Waals surface area contributed by atoms with Gasteiger partial charge in [0.05, 0.1) is 31.6 Å². The minimum absolute atomic E-state index is 0.0240. The van der Waals surface area contributed by atoms with E-state index >= 15 is 0 Å². The summed E-state index contributed by atoms with van der Waals surface area (Å²) in [5, 5.41) is 0. The van der Waals surface area contributed by atoms with Crippen molar-refractivity contribution in [3.63, 3.8) is 0 Å². The molecule has 1 heterocycles. The Morgan fingerprint density at radius 1 is 1.29 bits per heavy atom. The van der Waals surface area contributed by atoms with Crippen LogP contribution in [0.1, 0.15) is 29.6 Å². The molecule has 2 rings (SSSR count). The molecule has 6 nitrogen and oxygen atoms in total. The van der Waals surface area contributed by atoms with Gasteiger partial charge in [-0.05, 0) is 19.3 Å². The largest absolute Gasteiger partial charge is 0.493 e. The van der Waals surface area contributed by atoms with E-state index in [1.54, 1.807) is 6.07 Å². The van der Waals surface area contributed by atoms with Gasteiger partial charge in [-0.2, -0.15) is 0 Å². The van der Waals surface area contributed by atoms with Gasteiger partial charge in [0, 0.05) is 18.7 Å². The van der Waals surface area contributed by atoms with E-state index in [1.807, 2.05) is 0 Å². The Morgan fingerprint density at radius 2 is 2.00 bits per heavy atom. The minimum Gasteiger partial charge on any atom is -0.493 e. The van der Waals surface area contributed by atoms with Crippen molar-refractivity contribution in [2.24, 2.45) is 0 Å². The summed E-state index contributed by atoms with van der Waals surface area (Å²) in [6.45, 7) is 0.966. The van der Waals surface area contributed by atoms with Gasteiger partial charge < -0.3 is 24.7 Å². The first-order valence-corrected chi connectivity index (χ1v) is 6.96. The van der Waals surface area contributed by atoms with Gasteiger partial charge in [-0.3, -0.25) is 0 Å². The van der Waals surface area contributed by atoms with Gasteiger partial charge in [-0.1, -0.05) is 0 Å². The number of hydrogen-bond acceptors (Lipinski definition) is 6. The fourth-order valence-corrected chi connectivity index (χ4v) is 2.26. The van der Waals surface area contributed by atoms with Crippen molar-refractivity contribution in [2.75, 3.05) is 33.2 Å². The van der Waals surface area contributed by atoms with Crippen molar-refractivity contribution in [3.05, 3.63) is 17.7 Å². The van der Waals surface area contributed by atoms with E-state index in [0.29, 0.717) is 17.2 Å². The van der Waals surface area contributed by atoms with E-state index in [2.05, 4.69) is 0 Å². The summed E-state index contributed by atoms with van der Waals surface area (Å²) in [6, 6.07) is 3.07. The smallest absolute Gasteiger partial charge is 0.340 e. The van der Waals surface area contributed by atoms with Crippen molar-refractivity contribution in [1.29, 1.82) is 0 Å². The second kappa shape index (κ2) is 7.17. The van der Waals surface area contributed by atoms with Crippen LogP contribution >= 0.6 is 0 Å². The van der Waals surface area contributed by atoms with E-state index in [-0.39, 0.29) is 18.3 Å². The lowest BCUT2D eigenvalue weighted by Crippen LogP contribution is -2.26. The molecule has 1 unspecified atom stereocenters. The average Bonchev–Trinajstić information content (AvgIpc) is 2.53. The molecule has 0 spiro atoms. The van der Waals surface area contributed by atoms with E-state index in [9.17, 15) is 4.79 Å². The van der Waals surface area contributed by atoms with Crippen LogP contribution in [0.5, 0.6) is 11.5 Å². The molecule has 0 saturated carbocycles. The van der Waals surface area contributed by atoms with Crippen LogP contribution in [0.3, 0.4) is 0 Å². The van der Waals surface area contributed by atoms with Crippen LogP contribution < -0.4 is 15.2 Å². The number of benzene rings is 1. The zero-order valence-electron chi connectivity index (χ0n) is 12.4. The normalized spacial score (nSPS) is 18.1. The van der Waals surface area contributed by atoms with E-state index in [0.717, 1.165) is 25.9 Å². The zero-order chi connectivity index (χ0) is 15.2. The fraction of sp³-hybridized carbons (Fsp3) is 0.533. The average molecular weight is 295 g/mol. The molecule has 1 fully saturated rings. The summed E-state index contributed by atoms with van der Waals surface area (Å²) >= 11 is 0. The van der Waals surface area contributed by atoms with Crippen LogP contribution in [0.25, 0.3) is 0 Å². The SMILES string of the molecule is COc1cc(N)c(C(=O)OCC2CCCCO2)cc1OC. The van der Waals surface area contributed by atoms with Crippen molar-refractivity contribution >= 4 is 11.7 Å². The molecule has 0 aromatic heterocycles. The van der Waals surface area contributed by atoms with Gasteiger partial charge in [0.1, 0.15) is 6.61 Å². The minimum atomic E-state index is -0.484. The van der Waals surface area contributed by atoms with Gasteiger partial charge in [-0.15, -0.1) is 0 Å². The second-order valence-electron chi connectivity index (χ2n) is 4.88. The van der Waals surface area contributed by atoms with Crippen molar-refractivity contribution in [1.82, 2.24) is 0 Å². The molecule has 0 amide bonds. The Hall–Kier alpha value is -1.95. The van der Waals surface area contributed by atoms with Crippen LogP contribution in [0.2, 0.25) is 0 Å². The van der Waals surface area contributed by atoms with Gasteiger partial charge in [0.25, 0.3) is 0 Å². The maximum atomic E-state index is 12.1. The number of rotatable bonds is 5. The van der Waals surface area contributed by atoms with Gasteiger partial charge in [0.2, 0.25) is 0 Å². The van der Waals surface area contributed by atoms with Crippen molar-refractivity contribution in [2.45, 2.75) is 25.4 Å². The Balaban J connectivity index is 2.04. The third kappa shape index (κ3) is 3.78. The number of nitrogens with two attached hydrogens (primary N) is 1. The molecule has 1 aliphatic heterocycles. The third-order valence-electron chi connectivity index (χ3n) is 3.45. The Labute approximate surface area is 124 Å². The quantitative estimate of drug-likeness (QED) is 0.661. The van der Waals surface area contributed by atoms with Crippen LogP contribution in [-0.2, 0) is 9.47 Å². The topological polar surface area (TPSA) is 80.0 Å². The highest BCUT2D eigenvalue weighted by Gasteiger charge is 2.20. The van der Waals surface area contributed by atoms with Crippen LogP contribution in [0.4, 0.5) is 5.69 Å². The Kier molecular flexibility index (Phi) is 5.27.